The van der Waals surface area contributed by atoms with E-state index in [0.29, 0.717) is 0 Å². The lowest BCUT2D eigenvalue weighted by atomic mass is 9.88. The predicted molar refractivity (Wildman–Crippen MR) is 165 cm³/mol. The SMILES string of the molecule is c1ccc(C(=C2c3ccccc3-c3ccc(Nc4ccc(-c5ccccc5)cc4)cc32)c2ccccc2)cc1. The molecule has 1 aliphatic rings. The Kier molecular flexibility index (Phi) is 5.88. The number of rotatable bonds is 5. The van der Waals surface area contributed by atoms with Gasteiger partial charge in [-0.05, 0) is 79.9 Å². The van der Waals surface area contributed by atoms with Crippen LogP contribution in [0.4, 0.5) is 11.4 Å². The fourth-order valence-electron chi connectivity index (χ4n) is 5.62. The predicted octanol–water partition coefficient (Wildman–Crippen LogP) is 10.1. The van der Waals surface area contributed by atoms with Crippen LogP contribution in [-0.4, -0.2) is 0 Å². The maximum absolute atomic E-state index is 3.66. The zero-order valence-corrected chi connectivity index (χ0v) is 21.5. The standard InChI is InChI=1S/C38H27N/c1-4-12-27(13-5-1)28-20-22-31(23-21-28)39-32-24-25-34-33-18-10-11-19-35(33)38(36(34)26-32)37(29-14-6-2-7-15-29)30-16-8-3-9-17-30/h1-26,39H. The highest BCUT2D eigenvalue weighted by Crippen LogP contribution is 2.49. The van der Waals surface area contributed by atoms with Crippen molar-refractivity contribution in [2.75, 3.05) is 5.32 Å². The molecule has 39 heavy (non-hydrogen) atoms. The summed E-state index contributed by atoms with van der Waals surface area (Å²) in [6, 6.07) is 56.2. The first-order chi connectivity index (χ1) is 19.3. The van der Waals surface area contributed by atoms with Gasteiger partial charge in [0, 0.05) is 11.4 Å². The molecule has 0 saturated carbocycles. The van der Waals surface area contributed by atoms with Crippen LogP contribution in [0.2, 0.25) is 0 Å². The van der Waals surface area contributed by atoms with Crippen LogP contribution in [0.15, 0.2) is 158 Å². The van der Waals surface area contributed by atoms with E-state index in [1.807, 2.05) is 0 Å². The van der Waals surface area contributed by atoms with Gasteiger partial charge in [-0.2, -0.15) is 0 Å². The topological polar surface area (TPSA) is 12.0 Å². The molecule has 0 aromatic heterocycles. The summed E-state index contributed by atoms with van der Waals surface area (Å²) in [7, 11) is 0. The van der Waals surface area contributed by atoms with Gasteiger partial charge in [-0.1, -0.05) is 133 Å². The fraction of sp³-hybridized carbons (Fsp3) is 0. The van der Waals surface area contributed by atoms with Crippen molar-refractivity contribution in [3.8, 4) is 22.3 Å². The molecule has 6 aromatic carbocycles. The molecule has 184 valence electrons. The normalized spacial score (nSPS) is 11.5. The number of hydrogen-bond donors (Lipinski definition) is 1. The second-order valence-electron chi connectivity index (χ2n) is 9.86. The summed E-state index contributed by atoms with van der Waals surface area (Å²) in [4.78, 5) is 0. The van der Waals surface area contributed by atoms with E-state index in [4.69, 9.17) is 0 Å². The van der Waals surface area contributed by atoms with Crippen LogP contribution in [0.1, 0.15) is 22.3 Å². The molecule has 1 nitrogen and oxygen atoms in total. The molecule has 7 rings (SSSR count). The maximum atomic E-state index is 3.66. The van der Waals surface area contributed by atoms with Crippen molar-refractivity contribution < 1.29 is 0 Å². The Morgan fingerprint density at radius 1 is 0.359 bits per heavy atom. The number of hydrogen-bond acceptors (Lipinski definition) is 1. The number of anilines is 2. The molecular formula is C38H27N. The number of nitrogens with one attached hydrogen (secondary N) is 1. The van der Waals surface area contributed by atoms with E-state index < -0.39 is 0 Å². The molecule has 0 aliphatic heterocycles. The van der Waals surface area contributed by atoms with E-state index in [9.17, 15) is 0 Å². The second-order valence-corrected chi connectivity index (χ2v) is 9.86. The minimum atomic E-state index is 1.07. The third kappa shape index (κ3) is 4.35. The van der Waals surface area contributed by atoms with E-state index >= 15 is 0 Å². The van der Waals surface area contributed by atoms with E-state index in [2.05, 4.69) is 163 Å². The Hall–Kier alpha value is -5.14. The summed E-state index contributed by atoms with van der Waals surface area (Å²) in [6.07, 6.45) is 0. The van der Waals surface area contributed by atoms with Crippen molar-refractivity contribution in [3.05, 3.63) is 180 Å². The maximum Gasteiger partial charge on any atom is 0.0390 e. The number of benzene rings is 6. The lowest BCUT2D eigenvalue weighted by molar-refractivity contribution is 1.52. The van der Waals surface area contributed by atoms with Gasteiger partial charge in [-0.3, -0.25) is 0 Å². The van der Waals surface area contributed by atoms with Crippen LogP contribution >= 0.6 is 0 Å². The Morgan fingerprint density at radius 3 is 1.49 bits per heavy atom. The molecule has 0 unspecified atom stereocenters. The van der Waals surface area contributed by atoms with E-state index in [0.717, 1.165) is 11.4 Å². The first-order valence-electron chi connectivity index (χ1n) is 13.4. The van der Waals surface area contributed by atoms with E-state index in [-0.39, 0.29) is 0 Å². The number of fused-ring (bicyclic) bond motifs is 3. The Balaban J connectivity index is 1.35. The van der Waals surface area contributed by atoms with Gasteiger partial charge < -0.3 is 5.32 Å². The molecular weight excluding hydrogens is 470 g/mol. The molecule has 0 heterocycles. The lowest BCUT2D eigenvalue weighted by Gasteiger charge is -2.16. The van der Waals surface area contributed by atoms with Crippen LogP contribution in [0.5, 0.6) is 0 Å². The van der Waals surface area contributed by atoms with Crippen LogP contribution in [0.25, 0.3) is 33.4 Å². The summed E-state index contributed by atoms with van der Waals surface area (Å²) in [6.45, 7) is 0. The first kappa shape index (κ1) is 23.0. The van der Waals surface area contributed by atoms with Gasteiger partial charge in [0.05, 0.1) is 0 Å². The molecule has 0 amide bonds. The monoisotopic (exact) mass is 497 g/mol. The summed E-state index contributed by atoms with van der Waals surface area (Å²) < 4.78 is 0. The highest BCUT2D eigenvalue weighted by Gasteiger charge is 2.27. The summed E-state index contributed by atoms with van der Waals surface area (Å²) >= 11 is 0. The molecule has 0 saturated heterocycles. The van der Waals surface area contributed by atoms with E-state index in [1.54, 1.807) is 0 Å². The van der Waals surface area contributed by atoms with Gasteiger partial charge in [0.2, 0.25) is 0 Å². The molecule has 0 spiro atoms. The minimum absolute atomic E-state index is 1.07. The lowest BCUT2D eigenvalue weighted by Crippen LogP contribution is -1.96. The highest BCUT2D eigenvalue weighted by atomic mass is 14.9. The van der Waals surface area contributed by atoms with Crippen molar-refractivity contribution in [3.63, 3.8) is 0 Å². The van der Waals surface area contributed by atoms with Crippen LogP contribution in [0.3, 0.4) is 0 Å². The minimum Gasteiger partial charge on any atom is -0.356 e. The molecule has 1 aliphatic carbocycles. The summed E-state index contributed by atoms with van der Waals surface area (Å²) in [5, 5.41) is 3.66. The van der Waals surface area contributed by atoms with Crippen LogP contribution < -0.4 is 5.32 Å². The van der Waals surface area contributed by atoms with Crippen molar-refractivity contribution in [2.45, 2.75) is 0 Å². The molecule has 0 fully saturated rings. The Morgan fingerprint density at radius 2 is 0.846 bits per heavy atom. The van der Waals surface area contributed by atoms with Crippen molar-refractivity contribution in [1.82, 2.24) is 0 Å². The van der Waals surface area contributed by atoms with Crippen molar-refractivity contribution >= 4 is 22.5 Å². The third-order valence-electron chi connectivity index (χ3n) is 7.43. The highest BCUT2D eigenvalue weighted by molar-refractivity contribution is 6.14. The summed E-state index contributed by atoms with van der Waals surface area (Å²) in [5.41, 5.74) is 14.6. The van der Waals surface area contributed by atoms with Crippen LogP contribution in [0, 0.1) is 0 Å². The smallest absolute Gasteiger partial charge is 0.0390 e. The quantitative estimate of drug-likeness (QED) is 0.249. The van der Waals surface area contributed by atoms with E-state index in [1.165, 1.54) is 55.7 Å². The Labute approximate surface area is 229 Å². The molecule has 6 aromatic rings. The average Bonchev–Trinajstić information content (AvgIpc) is 3.33. The zero-order valence-electron chi connectivity index (χ0n) is 21.5. The van der Waals surface area contributed by atoms with Crippen molar-refractivity contribution in [2.24, 2.45) is 0 Å². The van der Waals surface area contributed by atoms with Gasteiger partial charge in [-0.15, -0.1) is 0 Å². The van der Waals surface area contributed by atoms with Crippen molar-refractivity contribution in [1.29, 1.82) is 0 Å². The average molecular weight is 498 g/mol. The molecule has 1 N–H and O–H groups in total. The second kappa shape index (κ2) is 9.96. The summed E-state index contributed by atoms with van der Waals surface area (Å²) in [5.74, 6) is 0. The van der Waals surface area contributed by atoms with Gasteiger partial charge in [-0.25, -0.2) is 0 Å². The molecule has 1 heteroatoms. The molecule has 0 radical (unpaired) electrons. The molecule has 0 atom stereocenters. The van der Waals surface area contributed by atoms with Crippen LogP contribution in [-0.2, 0) is 0 Å². The molecule has 0 bridgehead atoms. The first-order valence-corrected chi connectivity index (χ1v) is 13.4. The van der Waals surface area contributed by atoms with Gasteiger partial charge in [0.25, 0.3) is 0 Å². The fourth-order valence-corrected chi connectivity index (χ4v) is 5.62. The van der Waals surface area contributed by atoms with Gasteiger partial charge >= 0.3 is 0 Å². The largest absolute Gasteiger partial charge is 0.356 e. The third-order valence-corrected chi connectivity index (χ3v) is 7.43. The van der Waals surface area contributed by atoms with Gasteiger partial charge in [0.1, 0.15) is 0 Å². The Bertz CT molecular complexity index is 1740. The zero-order chi connectivity index (χ0) is 26.0. The van der Waals surface area contributed by atoms with Gasteiger partial charge in [0.15, 0.2) is 0 Å².